The average Bonchev–Trinajstić information content (AvgIpc) is 2.32. The van der Waals surface area contributed by atoms with Gasteiger partial charge >= 0.3 is 0 Å². The molecule has 4 nitrogen and oxygen atoms in total. The van der Waals surface area contributed by atoms with E-state index in [9.17, 15) is 0 Å². The number of rotatable bonds is 2. The summed E-state index contributed by atoms with van der Waals surface area (Å²) in [4.78, 5) is 11.3. The lowest BCUT2D eigenvalue weighted by atomic mass is 10.1. The van der Waals surface area contributed by atoms with Gasteiger partial charge in [0.1, 0.15) is 5.82 Å². The van der Waals surface area contributed by atoms with E-state index in [1.54, 1.807) is 0 Å². The number of piperidine rings is 1. The van der Waals surface area contributed by atoms with Crippen LogP contribution in [0.4, 0.5) is 5.82 Å². The Bertz CT molecular complexity index is 356. The minimum atomic E-state index is 0.661. The first-order valence-corrected chi connectivity index (χ1v) is 5.93. The molecule has 0 saturated carbocycles. The predicted octanol–water partition coefficient (Wildman–Crippen LogP) is 1.28. The fourth-order valence-electron chi connectivity index (χ4n) is 2.20. The number of aromatic nitrogens is 2. The van der Waals surface area contributed by atoms with Crippen LogP contribution in [0.1, 0.15) is 24.2 Å². The van der Waals surface area contributed by atoms with Crippen molar-refractivity contribution in [3.8, 4) is 0 Å². The fraction of sp³-hybridized carbons (Fsp3) is 0.667. The summed E-state index contributed by atoms with van der Waals surface area (Å²) in [5.41, 5.74) is 2.03. The van der Waals surface area contributed by atoms with Gasteiger partial charge in [-0.1, -0.05) is 0 Å². The molecule has 0 spiro atoms. The quantitative estimate of drug-likeness (QED) is 0.815. The van der Waals surface area contributed by atoms with Crippen LogP contribution in [-0.2, 0) is 0 Å². The number of nitrogens with one attached hydrogen (secondary N) is 1. The van der Waals surface area contributed by atoms with Crippen LogP contribution in [-0.4, -0.2) is 36.1 Å². The first-order chi connectivity index (χ1) is 7.70. The van der Waals surface area contributed by atoms with Gasteiger partial charge in [-0.2, -0.15) is 0 Å². The second-order valence-corrected chi connectivity index (χ2v) is 4.47. The normalized spacial score (nSPS) is 17.8. The molecule has 0 unspecified atom stereocenters. The van der Waals surface area contributed by atoms with Gasteiger partial charge in [0.15, 0.2) is 0 Å². The molecule has 1 N–H and O–H groups in total. The lowest BCUT2D eigenvalue weighted by Gasteiger charge is -2.33. The zero-order valence-corrected chi connectivity index (χ0v) is 10.3. The molecular weight excluding hydrogens is 200 g/mol. The Morgan fingerprint density at radius 2 is 2.00 bits per heavy atom. The van der Waals surface area contributed by atoms with E-state index in [0.29, 0.717) is 6.04 Å². The van der Waals surface area contributed by atoms with Crippen LogP contribution in [0, 0.1) is 13.8 Å². The zero-order valence-electron chi connectivity index (χ0n) is 10.3. The number of hydrogen-bond acceptors (Lipinski definition) is 4. The molecule has 0 radical (unpaired) electrons. The van der Waals surface area contributed by atoms with E-state index in [1.165, 1.54) is 12.8 Å². The van der Waals surface area contributed by atoms with Gasteiger partial charge in [0.05, 0.1) is 11.4 Å². The monoisotopic (exact) mass is 220 g/mol. The Kier molecular flexibility index (Phi) is 3.39. The highest BCUT2D eigenvalue weighted by atomic mass is 15.2. The highest BCUT2D eigenvalue weighted by molar-refractivity contribution is 5.43. The highest BCUT2D eigenvalue weighted by Gasteiger charge is 2.20. The van der Waals surface area contributed by atoms with Gasteiger partial charge in [-0.15, -0.1) is 0 Å². The third-order valence-corrected chi connectivity index (χ3v) is 3.25. The standard InChI is InChI=1S/C12H20N4/c1-9-8-14-10(2)12(15-9)16-6-4-11(13-3)5-7-16/h8,11,13H,4-7H2,1-3H3. The summed E-state index contributed by atoms with van der Waals surface area (Å²) in [6.45, 7) is 6.18. The Morgan fingerprint density at radius 1 is 1.31 bits per heavy atom. The molecule has 1 aliphatic heterocycles. The van der Waals surface area contributed by atoms with Crippen LogP contribution >= 0.6 is 0 Å². The molecule has 16 heavy (non-hydrogen) atoms. The van der Waals surface area contributed by atoms with Gasteiger partial charge in [-0.3, -0.25) is 4.98 Å². The van der Waals surface area contributed by atoms with Gasteiger partial charge in [0.2, 0.25) is 0 Å². The Balaban J connectivity index is 2.10. The Morgan fingerprint density at radius 3 is 2.62 bits per heavy atom. The van der Waals surface area contributed by atoms with Crippen molar-refractivity contribution in [2.24, 2.45) is 0 Å². The van der Waals surface area contributed by atoms with E-state index >= 15 is 0 Å². The second kappa shape index (κ2) is 4.78. The van der Waals surface area contributed by atoms with E-state index in [0.717, 1.165) is 30.3 Å². The number of anilines is 1. The second-order valence-electron chi connectivity index (χ2n) is 4.47. The molecule has 1 aliphatic rings. The van der Waals surface area contributed by atoms with Crippen molar-refractivity contribution in [3.05, 3.63) is 17.6 Å². The SMILES string of the molecule is CNC1CCN(c2nc(C)cnc2C)CC1. The molecule has 2 heterocycles. The molecule has 1 fully saturated rings. The van der Waals surface area contributed by atoms with Crippen molar-refractivity contribution in [1.29, 1.82) is 0 Å². The maximum Gasteiger partial charge on any atom is 0.150 e. The summed E-state index contributed by atoms with van der Waals surface area (Å²) in [7, 11) is 2.04. The minimum Gasteiger partial charge on any atom is -0.355 e. The van der Waals surface area contributed by atoms with E-state index in [-0.39, 0.29) is 0 Å². The first-order valence-electron chi connectivity index (χ1n) is 5.93. The summed E-state index contributed by atoms with van der Waals surface area (Å²) < 4.78 is 0. The van der Waals surface area contributed by atoms with Crippen molar-refractivity contribution < 1.29 is 0 Å². The summed E-state index contributed by atoms with van der Waals surface area (Å²) in [6, 6.07) is 0.661. The molecule has 1 aromatic rings. The summed E-state index contributed by atoms with van der Waals surface area (Å²) in [5, 5.41) is 3.34. The summed E-state index contributed by atoms with van der Waals surface area (Å²) in [5.74, 6) is 1.06. The molecule has 0 aliphatic carbocycles. The van der Waals surface area contributed by atoms with Crippen molar-refractivity contribution in [3.63, 3.8) is 0 Å². The molecule has 0 bridgehead atoms. The van der Waals surface area contributed by atoms with E-state index in [4.69, 9.17) is 0 Å². The molecule has 1 aromatic heterocycles. The van der Waals surface area contributed by atoms with Gasteiger partial charge in [0, 0.05) is 25.3 Å². The Hall–Kier alpha value is -1.16. The smallest absolute Gasteiger partial charge is 0.150 e. The molecule has 2 rings (SSSR count). The van der Waals surface area contributed by atoms with Gasteiger partial charge in [-0.25, -0.2) is 4.98 Å². The minimum absolute atomic E-state index is 0.661. The third-order valence-electron chi connectivity index (χ3n) is 3.25. The molecule has 88 valence electrons. The molecule has 1 saturated heterocycles. The molecule has 4 heteroatoms. The molecule has 0 aromatic carbocycles. The van der Waals surface area contributed by atoms with Crippen molar-refractivity contribution in [1.82, 2.24) is 15.3 Å². The fourth-order valence-corrected chi connectivity index (χ4v) is 2.20. The van der Waals surface area contributed by atoms with Crippen LogP contribution < -0.4 is 10.2 Å². The predicted molar refractivity (Wildman–Crippen MR) is 65.8 cm³/mol. The van der Waals surface area contributed by atoms with Crippen molar-refractivity contribution in [2.45, 2.75) is 32.7 Å². The van der Waals surface area contributed by atoms with Gasteiger partial charge < -0.3 is 10.2 Å². The third kappa shape index (κ3) is 2.32. The van der Waals surface area contributed by atoms with E-state index in [1.807, 2.05) is 27.1 Å². The maximum atomic E-state index is 4.59. The van der Waals surface area contributed by atoms with Gasteiger partial charge in [-0.05, 0) is 33.7 Å². The lowest BCUT2D eigenvalue weighted by molar-refractivity contribution is 0.440. The molecular formula is C12H20N4. The average molecular weight is 220 g/mol. The number of aryl methyl sites for hydroxylation is 2. The van der Waals surface area contributed by atoms with E-state index in [2.05, 4.69) is 20.2 Å². The molecule has 0 atom stereocenters. The summed E-state index contributed by atoms with van der Waals surface area (Å²) >= 11 is 0. The van der Waals surface area contributed by atoms with E-state index < -0.39 is 0 Å². The van der Waals surface area contributed by atoms with Gasteiger partial charge in [0.25, 0.3) is 0 Å². The van der Waals surface area contributed by atoms with Crippen LogP contribution in [0.3, 0.4) is 0 Å². The summed E-state index contributed by atoms with van der Waals surface area (Å²) in [6.07, 6.45) is 4.20. The first kappa shape index (κ1) is 11.3. The van der Waals surface area contributed by atoms with Crippen molar-refractivity contribution in [2.75, 3.05) is 25.0 Å². The number of hydrogen-bond donors (Lipinski definition) is 1. The maximum absolute atomic E-state index is 4.59. The topological polar surface area (TPSA) is 41.0 Å². The van der Waals surface area contributed by atoms with Crippen molar-refractivity contribution >= 4 is 5.82 Å². The Labute approximate surface area is 97.1 Å². The lowest BCUT2D eigenvalue weighted by Crippen LogP contribution is -2.41. The van der Waals surface area contributed by atoms with Crippen LogP contribution in [0.25, 0.3) is 0 Å². The largest absolute Gasteiger partial charge is 0.355 e. The highest BCUT2D eigenvalue weighted by Crippen LogP contribution is 2.20. The molecule has 0 amide bonds. The van der Waals surface area contributed by atoms with Crippen LogP contribution in [0.5, 0.6) is 0 Å². The van der Waals surface area contributed by atoms with Crippen LogP contribution in [0.15, 0.2) is 6.20 Å². The number of nitrogens with zero attached hydrogens (tertiary/aromatic N) is 3. The zero-order chi connectivity index (χ0) is 11.5. The van der Waals surface area contributed by atoms with Crippen LogP contribution in [0.2, 0.25) is 0 Å².